The van der Waals surface area contributed by atoms with Gasteiger partial charge in [-0.2, -0.15) is 0 Å². The van der Waals surface area contributed by atoms with E-state index in [9.17, 15) is 4.79 Å². The quantitative estimate of drug-likeness (QED) is 0.802. The molecule has 1 rings (SSSR count). The van der Waals surface area contributed by atoms with Crippen LogP contribution in [0.2, 0.25) is 0 Å². The van der Waals surface area contributed by atoms with Crippen LogP contribution in [-0.4, -0.2) is 25.3 Å². The van der Waals surface area contributed by atoms with E-state index in [4.69, 9.17) is 20.3 Å². The Morgan fingerprint density at radius 2 is 2.00 bits per heavy atom. The van der Waals surface area contributed by atoms with Crippen LogP contribution < -0.4 is 15.2 Å². The van der Waals surface area contributed by atoms with Crippen LogP contribution in [0.25, 0.3) is 0 Å². The second-order valence-corrected chi connectivity index (χ2v) is 5.65. The molecule has 0 heterocycles. The maximum atomic E-state index is 10.9. The zero-order valence-electron chi connectivity index (χ0n) is 12.5. The molecule has 3 N–H and O–H groups in total. The van der Waals surface area contributed by atoms with Gasteiger partial charge in [0, 0.05) is 17.7 Å². The molecular formula is C15H23NO4. The second kappa shape index (κ2) is 6.61. The third kappa shape index (κ3) is 4.42. The highest BCUT2D eigenvalue weighted by molar-refractivity contribution is 5.67. The van der Waals surface area contributed by atoms with Crippen molar-refractivity contribution in [1.82, 2.24) is 0 Å². The first-order chi connectivity index (χ1) is 9.29. The predicted octanol–water partition coefficient (Wildman–Crippen LogP) is 2.59. The molecule has 0 radical (unpaired) electrons. The smallest absolute Gasteiger partial charge is 0.303 e. The number of carbonyl (C=O) groups is 1. The van der Waals surface area contributed by atoms with E-state index in [1.54, 1.807) is 20.3 Å². The lowest BCUT2D eigenvalue weighted by Crippen LogP contribution is -2.24. The molecule has 1 aromatic rings. The van der Waals surface area contributed by atoms with Crippen LogP contribution in [0.3, 0.4) is 0 Å². The van der Waals surface area contributed by atoms with Gasteiger partial charge in [0.05, 0.1) is 20.6 Å². The summed E-state index contributed by atoms with van der Waals surface area (Å²) >= 11 is 0. The van der Waals surface area contributed by atoms with Gasteiger partial charge in [-0.25, -0.2) is 0 Å². The zero-order chi connectivity index (χ0) is 15.3. The molecule has 1 aromatic carbocycles. The van der Waals surface area contributed by atoms with Gasteiger partial charge < -0.3 is 20.3 Å². The summed E-state index contributed by atoms with van der Waals surface area (Å²) in [5.41, 5.74) is 6.69. The molecule has 0 aliphatic heterocycles. The molecule has 20 heavy (non-hydrogen) atoms. The SMILES string of the molecule is COc1ccc(C(N)CC(C)(C)CC(=O)O)c(OC)c1. The van der Waals surface area contributed by atoms with E-state index >= 15 is 0 Å². The molecule has 0 amide bonds. The molecule has 0 saturated heterocycles. The van der Waals surface area contributed by atoms with E-state index in [-0.39, 0.29) is 17.9 Å². The minimum Gasteiger partial charge on any atom is -0.497 e. The number of hydrogen-bond acceptors (Lipinski definition) is 4. The fourth-order valence-corrected chi connectivity index (χ4v) is 2.31. The number of carboxylic acids is 1. The maximum absolute atomic E-state index is 10.9. The second-order valence-electron chi connectivity index (χ2n) is 5.65. The zero-order valence-corrected chi connectivity index (χ0v) is 12.5. The Bertz CT molecular complexity index is 471. The number of hydrogen-bond donors (Lipinski definition) is 2. The Kier molecular flexibility index (Phi) is 5.39. The first kappa shape index (κ1) is 16.3. The van der Waals surface area contributed by atoms with Crippen LogP contribution in [0, 0.1) is 5.41 Å². The number of ether oxygens (including phenoxy) is 2. The molecule has 1 unspecified atom stereocenters. The van der Waals surface area contributed by atoms with E-state index in [1.807, 2.05) is 26.0 Å². The number of carboxylic acid groups (broad SMARTS) is 1. The van der Waals surface area contributed by atoms with Crippen LogP contribution in [-0.2, 0) is 4.79 Å². The average molecular weight is 281 g/mol. The van der Waals surface area contributed by atoms with Crippen molar-refractivity contribution in [2.45, 2.75) is 32.7 Å². The molecule has 0 aliphatic rings. The summed E-state index contributed by atoms with van der Waals surface area (Å²) in [6, 6.07) is 5.17. The number of methoxy groups -OCH3 is 2. The minimum atomic E-state index is -0.816. The summed E-state index contributed by atoms with van der Waals surface area (Å²) in [5.74, 6) is 0.537. The Morgan fingerprint density at radius 3 is 2.50 bits per heavy atom. The molecule has 0 bridgehead atoms. The van der Waals surface area contributed by atoms with Crippen molar-refractivity contribution in [3.05, 3.63) is 23.8 Å². The summed E-state index contributed by atoms with van der Waals surface area (Å²) in [5, 5.41) is 8.92. The summed E-state index contributed by atoms with van der Waals surface area (Å²) in [6.07, 6.45) is 0.640. The molecule has 1 atom stereocenters. The van der Waals surface area contributed by atoms with Crippen LogP contribution >= 0.6 is 0 Å². The third-order valence-corrected chi connectivity index (χ3v) is 3.24. The molecule has 0 aliphatic carbocycles. The van der Waals surface area contributed by atoms with Crippen molar-refractivity contribution in [3.63, 3.8) is 0 Å². The van der Waals surface area contributed by atoms with E-state index in [0.29, 0.717) is 17.9 Å². The van der Waals surface area contributed by atoms with Gasteiger partial charge >= 0.3 is 5.97 Å². The van der Waals surface area contributed by atoms with Gasteiger partial charge in [-0.05, 0) is 17.9 Å². The van der Waals surface area contributed by atoms with Gasteiger partial charge in [0.15, 0.2) is 0 Å². The van der Waals surface area contributed by atoms with Gasteiger partial charge in [0.2, 0.25) is 0 Å². The molecule has 0 spiro atoms. The van der Waals surface area contributed by atoms with Crippen molar-refractivity contribution >= 4 is 5.97 Å². The highest BCUT2D eigenvalue weighted by atomic mass is 16.5. The fourth-order valence-electron chi connectivity index (χ4n) is 2.31. The van der Waals surface area contributed by atoms with Gasteiger partial charge in [-0.1, -0.05) is 19.9 Å². The normalized spacial score (nSPS) is 12.8. The van der Waals surface area contributed by atoms with Crippen LogP contribution in [0.15, 0.2) is 18.2 Å². The first-order valence-electron chi connectivity index (χ1n) is 6.48. The molecule has 0 fully saturated rings. The number of rotatable bonds is 7. The highest BCUT2D eigenvalue weighted by Crippen LogP contribution is 2.36. The summed E-state index contributed by atoms with van der Waals surface area (Å²) in [4.78, 5) is 10.9. The minimum absolute atomic E-state index is 0.0825. The predicted molar refractivity (Wildman–Crippen MR) is 77.1 cm³/mol. The number of aliphatic carboxylic acids is 1. The highest BCUT2D eigenvalue weighted by Gasteiger charge is 2.26. The van der Waals surface area contributed by atoms with Crippen molar-refractivity contribution in [3.8, 4) is 11.5 Å². The van der Waals surface area contributed by atoms with E-state index < -0.39 is 5.97 Å². The largest absolute Gasteiger partial charge is 0.497 e. The maximum Gasteiger partial charge on any atom is 0.303 e. The van der Waals surface area contributed by atoms with Crippen LogP contribution in [0.4, 0.5) is 0 Å². The van der Waals surface area contributed by atoms with Gasteiger partial charge in [-0.15, -0.1) is 0 Å². The molecule has 0 saturated carbocycles. The van der Waals surface area contributed by atoms with Crippen LogP contribution in [0.5, 0.6) is 11.5 Å². The monoisotopic (exact) mass is 281 g/mol. The summed E-state index contributed by atoms with van der Waals surface area (Å²) in [7, 11) is 3.16. The summed E-state index contributed by atoms with van der Waals surface area (Å²) in [6.45, 7) is 3.80. The average Bonchev–Trinajstić information content (AvgIpc) is 2.35. The van der Waals surface area contributed by atoms with Crippen molar-refractivity contribution in [2.75, 3.05) is 14.2 Å². The van der Waals surface area contributed by atoms with Gasteiger partial charge in [-0.3, -0.25) is 4.79 Å². The van der Waals surface area contributed by atoms with Gasteiger partial charge in [0.1, 0.15) is 11.5 Å². The standard InChI is InChI=1S/C15H23NO4/c1-15(2,9-14(17)18)8-12(16)11-6-5-10(19-3)7-13(11)20-4/h5-7,12H,8-9,16H2,1-4H3,(H,17,18). The lowest BCUT2D eigenvalue weighted by molar-refractivity contribution is -0.139. The Labute approximate surface area is 119 Å². The van der Waals surface area contributed by atoms with Crippen molar-refractivity contribution < 1.29 is 19.4 Å². The fraction of sp³-hybridized carbons (Fsp3) is 0.533. The molecule has 0 aromatic heterocycles. The Morgan fingerprint density at radius 1 is 1.35 bits per heavy atom. The number of benzene rings is 1. The van der Waals surface area contributed by atoms with Crippen molar-refractivity contribution in [1.29, 1.82) is 0 Å². The summed E-state index contributed by atoms with van der Waals surface area (Å²) < 4.78 is 10.5. The molecule has 5 heteroatoms. The van der Waals surface area contributed by atoms with E-state index in [1.165, 1.54) is 0 Å². The third-order valence-electron chi connectivity index (χ3n) is 3.24. The lowest BCUT2D eigenvalue weighted by atomic mass is 9.81. The topological polar surface area (TPSA) is 81.8 Å². The Hall–Kier alpha value is -1.75. The number of nitrogens with two attached hydrogens (primary N) is 1. The van der Waals surface area contributed by atoms with E-state index in [2.05, 4.69) is 0 Å². The molecular weight excluding hydrogens is 258 g/mol. The lowest BCUT2D eigenvalue weighted by Gasteiger charge is -2.27. The van der Waals surface area contributed by atoms with E-state index in [0.717, 1.165) is 5.56 Å². The molecule has 5 nitrogen and oxygen atoms in total. The van der Waals surface area contributed by atoms with Crippen LogP contribution in [0.1, 0.15) is 38.3 Å². The first-order valence-corrected chi connectivity index (χ1v) is 6.48. The Balaban J connectivity index is 2.91. The van der Waals surface area contributed by atoms with Crippen molar-refractivity contribution in [2.24, 2.45) is 11.1 Å². The molecule has 112 valence electrons. The van der Waals surface area contributed by atoms with Gasteiger partial charge in [0.25, 0.3) is 0 Å².